The number of alkyl carbamates (subject to hydrolysis) is 1. The topological polar surface area (TPSA) is 166 Å². The van der Waals surface area contributed by atoms with Gasteiger partial charge >= 0.3 is 12.1 Å². The van der Waals surface area contributed by atoms with Gasteiger partial charge in [0.2, 0.25) is 11.8 Å². The van der Waals surface area contributed by atoms with Gasteiger partial charge in [-0.3, -0.25) is 9.59 Å². The van der Waals surface area contributed by atoms with Crippen molar-refractivity contribution in [2.75, 3.05) is 20.3 Å². The van der Waals surface area contributed by atoms with Crippen LogP contribution in [0.1, 0.15) is 58.4 Å². The van der Waals surface area contributed by atoms with Crippen molar-refractivity contribution < 1.29 is 43.2 Å². The van der Waals surface area contributed by atoms with Crippen molar-refractivity contribution >= 4 is 34.8 Å². The molecule has 1 aliphatic carbocycles. The molecule has 3 amide bonds. The molecular formula is C43H48N4O9. The Balaban J connectivity index is 1.24. The van der Waals surface area contributed by atoms with Gasteiger partial charge in [0.25, 0.3) is 0 Å². The summed E-state index contributed by atoms with van der Waals surface area (Å²) < 4.78 is 23.7. The molecule has 3 heterocycles. The third kappa shape index (κ3) is 8.51. The SMILES string of the molecule is COc1ccc2c(O[C@@H]3C[C@H]4C(=O)N[C@@]5(C(=O)O)CC5CCCOc5cccc(c5)CC[C@H](NC(=O)OC(C)(C)C)C(=O)N4C3)cc(-c3ccccc3)nc2c1. The maximum atomic E-state index is 14.7. The molecule has 3 aliphatic rings. The molecule has 1 saturated carbocycles. The van der Waals surface area contributed by atoms with E-state index in [1.807, 2.05) is 78.9 Å². The second kappa shape index (κ2) is 15.7. The fourth-order valence-electron chi connectivity index (χ4n) is 7.69. The summed E-state index contributed by atoms with van der Waals surface area (Å²) in [5.74, 6) is -0.750. The van der Waals surface area contributed by atoms with Crippen LogP contribution in [0.25, 0.3) is 22.2 Å². The first-order chi connectivity index (χ1) is 26.8. The lowest BCUT2D eigenvalue weighted by molar-refractivity contribution is -0.146. The van der Waals surface area contributed by atoms with Gasteiger partial charge in [-0.2, -0.15) is 0 Å². The monoisotopic (exact) mass is 764 g/mol. The summed E-state index contributed by atoms with van der Waals surface area (Å²) in [7, 11) is 1.58. The van der Waals surface area contributed by atoms with Gasteiger partial charge in [-0.25, -0.2) is 14.6 Å². The fourth-order valence-corrected chi connectivity index (χ4v) is 7.69. The molecule has 0 spiro atoms. The van der Waals surface area contributed by atoms with E-state index in [0.29, 0.717) is 59.7 Å². The minimum atomic E-state index is -1.46. The van der Waals surface area contributed by atoms with Crippen LogP contribution in [0.5, 0.6) is 17.2 Å². The molecule has 1 saturated heterocycles. The third-order valence-corrected chi connectivity index (χ3v) is 10.6. The lowest BCUT2D eigenvalue weighted by atomic mass is 10.0. The zero-order valence-electron chi connectivity index (χ0n) is 32.1. The molecule has 2 aliphatic heterocycles. The number of pyridine rings is 1. The minimum Gasteiger partial charge on any atom is -0.497 e. The number of methoxy groups -OCH3 is 1. The van der Waals surface area contributed by atoms with Crippen molar-refractivity contribution in [3.05, 3.63) is 84.4 Å². The predicted octanol–water partition coefficient (Wildman–Crippen LogP) is 5.92. The highest BCUT2D eigenvalue weighted by atomic mass is 16.6. The quantitative estimate of drug-likeness (QED) is 0.215. The summed E-state index contributed by atoms with van der Waals surface area (Å²) in [5.41, 5.74) is 0.773. The molecule has 1 unspecified atom stereocenters. The first-order valence-corrected chi connectivity index (χ1v) is 19.1. The summed E-state index contributed by atoms with van der Waals surface area (Å²) >= 11 is 0. The number of rotatable bonds is 6. The number of aryl methyl sites for hydroxylation is 1. The number of carboxylic acids is 1. The molecule has 0 radical (unpaired) electrons. The Morgan fingerprint density at radius 1 is 1.02 bits per heavy atom. The highest BCUT2D eigenvalue weighted by molar-refractivity contribution is 5.96. The highest BCUT2D eigenvalue weighted by Gasteiger charge is 2.62. The van der Waals surface area contributed by atoms with Gasteiger partial charge in [-0.15, -0.1) is 0 Å². The second-order valence-corrected chi connectivity index (χ2v) is 15.8. The number of amides is 3. The molecule has 56 heavy (non-hydrogen) atoms. The van der Waals surface area contributed by atoms with Crippen molar-refractivity contribution in [3.8, 4) is 28.5 Å². The van der Waals surface area contributed by atoms with Crippen LogP contribution >= 0.6 is 0 Å². The van der Waals surface area contributed by atoms with Crippen molar-refractivity contribution in [1.82, 2.24) is 20.5 Å². The molecule has 3 N–H and O–H groups in total. The Labute approximate surface area is 325 Å². The van der Waals surface area contributed by atoms with Crippen LogP contribution < -0.4 is 24.8 Å². The summed E-state index contributed by atoms with van der Waals surface area (Å²) in [6.07, 6.45) is 0.630. The van der Waals surface area contributed by atoms with Crippen molar-refractivity contribution in [2.45, 2.75) is 88.6 Å². The largest absolute Gasteiger partial charge is 0.497 e. The summed E-state index contributed by atoms with van der Waals surface area (Å²) in [6, 6.07) is 22.4. The number of aromatic nitrogens is 1. The lowest BCUT2D eigenvalue weighted by Gasteiger charge is -2.30. The standard InChI is InChI=1S/C43H48N4O9/c1-42(2,3)56-41(52)45-33-18-15-26-10-8-14-30(20-26)54-19-9-13-28-24-43(28,40(50)51)46-38(48)36-22-31(25-47(36)39(33)49)55-37-23-34(27-11-6-5-7-12-27)44-35-21-29(53-4)16-17-32(35)37/h5-8,10-12,14,16-17,20-21,23,28,31,33,36H,9,13,15,18-19,22,24-25H2,1-4H3,(H,45,52)(H,46,48)(H,50,51)/t28?,31-,33+,36+,43+/m1/s1. The number of fused-ring (bicyclic) bond motifs is 5. The van der Waals surface area contributed by atoms with Crippen LogP contribution in [0, 0.1) is 5.92 Å². The normalized spacial score (nSPS) is 24.1. The van der Waals surface area contributed by atoms with E-state index in [4.69, 9.17) is 23.9 Å². The smallest absolute Gasteiger partial charge is 0.408 e. The molecule has 1 aromatic heterocycles. The third-order valence-electron chi connectivity index (χ3n) is 10.6. The number of carboxylic acid groups (broad SMARTS) is 1. The number of aliphatic carboxylic acids is 1. The number of ether oxygens (including phenoxy) is 4. The van der Waals surface area contributed by atoms with E-state index in [1.54, 1.807) is 27.9 Å². The van der Waals surface area contributed by atoms with Crippen LogP contribution in [-0.4, -0.2) is 88.5 Å². The number of nitrogens with zero attached hydrogens (tertiary/aromatic N) is 2. The van der Waals surface area contributed by atoms with Gasteiger partial charge in [0.05, 0.1) is 31.5 Å². The van der Waals surface area contributed by atoms with E-state index < -0.39 is 53.2 Å². The average molecular weight is 765 g/mol. The van der Waals surface area contributed by atoms with Crippen molar-refractivity contribution in [1.29, 1.82) is 0 Å². The second-order valence-electron chi connectivity index (χ2n) is 15.8. The van der Waals surface area contributed by atoms with Gasteiger partial charge in [-0.05, 0) is 88.6 Å². The van der Waals surface area contributed by atoms with E-state index in [0.717, 1.165) is 11.1 Å². The minimum absolute atomic E-state index is 0.00309. The molecule has 3 aromatic carbocycles. The van der Waals surface area contributed by atoms with Gasteiger partial charge < -0.3 is 39.6 Å². The number of hydrogen-bond donors (Lipinski definition) is 3. The Morgan fingerprint density at radius 2 is 1.82 bits per heavy atom. The van der Waals surface area contributed by atoms with E-state index in [1.165, 1.54) is 4.90 Å². The maximum Gasteiger partial charge on any atom is 0.408 e. The highest BCUT2D eigenvalue weighted by Crippen LogP contribution is 2.47. The van der Waals surface area contributed by atoms with E-state index in [9.17, 15) is 24.3 Å². The Hall–Kier alpha value is -5.85. The van der Waals surface area contributed by atoms with Gasteiger partial charge in [-0.1, -0.05) is 42.5 Å². The summed E-state index contributed by atoms with van der Waals surface area (Å²) in [4.78, 5) is 61.2. The lowest BCUT2D eigenvalue weighted by Crippen LogP contribution is -2.56. The molecule has 13 heteroatoms. The number of benzene rings is 3. The molecule has 7 rings (SSSR count). The summed E-state index contributed by atoms with van der Waals surface area (Å²) in [6.45, 7) is 5.57. The molecule has 294 valence electrons. The molecule has 2 fully saturated rings. The first kappa shape index (κ1) is 38.4. The predicted molar refractivity (Wildman–Crippen MR) is 208 cm³/mol. The van der Waals surface area contributed by atoms with Crippen LogP contribution in [-0.2, 0) is 25.5 Å². The molecule has 13 nitrogen and oxygen atoms in total. The van der Waals surface area contributed by atoms with Crippen molar-refractivity contribution in [3.63, 3.8) is 0 Å². The zero-order chi connectivity index (χ0) is 39.6. The maximum absolute atomic E-state index is 14.7. The zero-order valence-corrected chi connectivity index (χ0v) is 32.1. The van der Waals surface area contributed by atoms with E-state index in [2.05, 4.69) is 10.6 Å². The Kier molecular flexibility index (Phi) is 10.8. The number of nitrogens with one attached hydrogen (secondary N) is 2. The number of carbonyl (C=O) groups excluding carboxylic acids is 3. The van der Waals surface area contributed by atoms with Gasteiger partial charge in [0.1, 0.15) is 46.6 Å². The van der Waals surface area contributed by atoms with Gasteiger partial charge in [0, 0.05) is 29.5 Å². The van der Waals surface area contributed by atoms with Crippen LogP contribution in [0.15, 0.2) is 78.9 Å². The molecule has 5 atom stereocenters. The van der Waals surface area contributed by atoms with E-state index >= 15 is 0 Å². The van der Waals surface area contributed by atoms with Crippen molar-refractivity contribution in [2.24, 2.45) is 5.92 Å². The molecule has 4 aromatic rings. The average Bonchev–Trinajstić information content (AvgIpc) is 3.71. The molecular weight excluding hydrogens is 716 g/mol. The van der Waals surface area contributed by atoms with Crippen LogP contribution in [0.2, 0.25) is 0 Å². The first-order valence-electron chi connectivity index (χ1n) is 19.1. The van der Waals surface area contributed by atoms with Crippen LogP contribution in [0.4, 0.5) is 4.79 Å². The summed E-state index contributed by atoms with van der Waals surface area (Å²) in [5, 5.41) is 16.7. The van der Waals surface area contributed by atoms with Gasteiger partial charge in [0.15, 0.2) is 0 Å². The number of carbonyl (C=O) groups is 4. The Bertz CT molecular complexity index is 2120. The Morgan fingerprint density at radius 3 is 2.57 bits per heavy atom. The number of hydrogen-bond acceptors (Lipinski definition) is 9. The molecule has 2 bridgehead atoms. The van der Waals surface area contributed by atoms with Crippen LogP contribution in [0.3, 0.4) is 0 Å². The van der Waals surface area contributed by atoms with E-state index in [-0.39, 0.29) is 31.7 Å². The fraction of sp³-hybridized carbons (Fsp3) is 0.419.